The van der Waals surface area contributed by atoms with E-state index in [1.54, 1.807) is 16.9 Å². The van der Waals surface area contributed by atoms with Crippen LogP contribution in [0.1, 0.15) is 5.56 Å². The molecule has 0 saturated heterocycles. The molecule has 0 unspecified atom stereocenters. The average molecular weight is 385 g/mol. The number of anilines is 1. The van der Waals surface area contributed by atoms with Crippen LogP contribution in [-0.4, -0.2) is 25.5 Å². The molecule has 2 heterocycles. The van der Waals surface area contributed by atoms with Gasteiger partial charge >= 0.3 is 0 Å². The van der Waals surface area contributed by atoms with E-state index in [1.807, 2.05) is 66.9 Å². The van der Waals surface area contributed by atoms with Crippen LogP contribution in [0, 0.1) is 0 Å². The molecule has 29 heavy (non-hydrogen) atoms. The second-order valence-electron chi connectivity index (χ2n) is 6.49. The van der Waals surface area contributed by atoms with Crippen LogP contribution in [0.25, 0.3) is 11.3 Å². The lowest BCUT2D eigenvalue weighted by Gasteiger charge is -2.12. The predicted octanol–water partition coefficient (Wildman–Crippen LogP) is 2.79. The highest BCUT2D eigenvalue weighted by molar-refractivity contribution is 5.91. The normalized spacial score (nSPS) is 10.6. The third-order valence-electron chi connectivity index (χ3n) is 4.41. The van der Waals surface area contributed by atoms with Crippen LogP contribution in [0.5, 0.6) is 0 Å². The highest BCUT2D eigenvalue weighted by atomic mass is 16.2. The maximum Gasteiger partial charge on any atom is 0.267 e. The van der Waals surface area contributed by atoms with Crippen molar-refractivity contribution < 1.29 is 4.79 Å². The van der Waals surface area contributed by atoms with Crippen molar-refractivity contribution in [3.8, 4) is 11.3 Å². The topological polar surface area (TPSA) is 81.8 Å². The minimum Gasteiger partial charge on any atom is -0.324 e. The maximum atomic E-state index is 12.6. The number of hydrogen-bond donors (Lipinski definition) is 1. The van der Waals surface area contributed by atoms with E-state index in [2.05, 4.69) is 15.5 Å². The molecular weight excluding hydrogens is 366 g/mol. The molecule has 144 valence electrons. The largest absolute Gasteiger partial charge is 0.324 e. The van der Waals surface area contributed by atoms with Gasteiger partial charge in [-0.25, -0.2) is 4.68 Å². The number of nitrogens with one attached hydrogen (secondary N) is 1. The minimum absolute atomic E-state index is 0.171. The van der Waals surface area contributed by atoms with Gasteiger partial charge in [0.1, 0.15) is 6.54 Å². The fraction of sp³-hybridized carbons (Fsp3) is 0.0909. The lowest BCUT2D eigenvalue weighted by atomic mass is 10.1. The van der Waals surface area contributed by atoms with E-state index in [-0.39, 0.29) is 18.0 Å². The molecule has 0 spiro atoms. The van der Waals surface area contributed by atoms with Gasteiger partial charge in [-0.1, -0.05) is 48.5 Å². The molecule has 7 heteroatoms. The van der Waals surface area contributed by atoms with E-state index in [4.69, 9.17) is 0 Å². The summed E-state index contributed by atoms with van der Waals surface area (Å²) in [7, 11) is 0. The fourth-order valence-electron chi connectivity index (χ4n) is 3.00. The number of carbonyl (C=O) groups is 1. The van der Waals surface area contributed by atoms with Crippen LogP contribution in [0.2, 0.25) is 0 Å². The standard InChI is InChI=1S/C22H19N5O2/c28-21(24-19-10-5-4-9-18(19)15-26-14-6-13-23-26)16-27-22(29)12-11-20(25-27)17-7-2-1-3-8-17/h1-14H,15-16H2,(H,24,28). The highest BCUT2D eigenvalue weighted by Gasteiger charge is 2.11. The summed E-state index contributed by atoms with van der Waals surface area (Å²) < 4.78 is 2.95. The number of amides is 1. The first kappa shape index (κ1) is 18.4. The van der Waals surface area contributed by atoms with E-state index in [9.17, 15) is 9.59 Å². The summed E-state index contributed by atoms with van der Waals surface area (Å²) in [5.74, 6) is -0.322. The van der Waals surface area contributed by atoms with Gasteiger partial charge in [0.15, 0.2) is 0 Å². The molecule has 0 aliphatic carbocycles. The quantitative estimate of drug-likeness (QED) is 0.553. The van der Waals surface area contributed by atoms with Crippen LogP contribution >= 0.6 is 0 Å². The number of para-hydroxylation sites is 1. The van der Waals surface area contributed by atoms with Crippen LogP contribution < -0.4 is 10.9 Å². The SMILES string of the molecule is O=C(Cn1nc(-c2ccccc2)ccc1=O)Nc1ccccc1Cn1cccn1. The molecule has 2 aromatic carbocycles. The van der Waals surface area contributed by atoms with Crippen molar-refractivity contribution in [1.29, 1.82) is 0 Å². The van der Waals surface area contributed by atoms with Gasteiger partial charge in [0.25, 0.3) is 5.56 Å². The molecule has 0 bridgehead atoms. The molecule has 1 amide bonds. The molecule has 0 saturated carbocycles. The third-order valence-corrected chi connectivity index (χ3v) is 4.41. The second-order valence-corrected chi connectivity index (χ2v) is 6.49. The monoisotopic (exact) mass is 385 g/mol. The Morgan fingerprint density at radius 2 is 1.72 bits per heavy atom. The smallest absolute Gasteiger partial charge is 0.267 e. The highest BCUT2D eigenvalue weighted by Crippen LogP contribution is 2.17. The number of benzene rings is 2. The zero-order valence-electron chi connectivity index (χ0n) is 15.6. The average Bonchev–Trinajstić information content (AvgIpc) is 3.25. The van der Waals surface area contributed by atoms with Gasteiger partial charge in [0.2, 0.25) is 5.91 Å². The van der Waals surface area contributed by atoms with Gasteiger partial charge in [0.05, 0.1) is 12.2 Å². The van der Waals surface area contributed by atoms with Gasteiger partial charge in [-0.2, -0.15) is 10.2 Å². The van der Waals surface area contributed by atoms with E-state index in [0.29, 0.717) is 17.9 Å². The summed E-state index contributed by atoms with van der Waals surface area (Å²) in [4.78, 5) is 24.8. The Bertz CT molecular complexity index is 1170. The number of nitrogens with zero attached hydrogens (tertiary/aromatic N) is 4. The van der Waals surface area contributed by atoms with E-state index < -0.39 is 0 Å². The summed E-state index contributed by atoms with van der Waals surface area (Å²) in [6, 6.07) is 22.0. The maximum absolute atomic E-state index is 12.6. The van der Waals surface area contributed by atoms with Crippen molar-refractivity contribution in [2.75, 3.05) is 5.32 Å². The predicted molar refractivity (Wildman–Crippen MR) is 110 cm³/mol. The van der Waals surface area contributed by atoms with E-state index in [0.717, 1.165) is 11.1 Å². The summed E-state index contributed by atoms with van der Waals surface area (Å²) in [6.07, 6.45) is 3.57. The van der Waals surface area contributed by atoms with Crippen molar-refractivity contribution in [3.63, 3.8) is 0 Å². The Labute approximate surface area is 167 Å². The Morgan fingerprint density at radius 1 is 0.931 bits per heavy atom. The fourth-order valence-corrected chi connectivity index (χ4v) is 3.00. The second kappa shape index (κ2) is 8.35. The molecule has 7 nitrogen and oxygen atoms in total. The molecule has 0 radical (unpaired) electrons. The number of aromatic nitrogens is 4. The Hall–Kier alpha value is -4.00. The molecule has 0 aliphatic rings. The lowest BCUT2D eigenvalue weighted by molar-refractivity contribution is -0.117. The lowest BCUT2D eigenvalue weighted by Crippen LogP contribution is -2.29. The first-order chi connectivity index (χ1) is 14.2. The van der Waals surface area contributed by atoms with Gasteiger partial charge in [0, 0.05) is 29.7 Å². The van der Waals surface area contributed by atoms with Crippen LogP contribution in [0.4, 0.5) is 5.69 Å². The Balaban J connectivity index is 1.52. The third kappa shape index (κ3) is 4.47. The molecule has 4 rings (SSSR count). The van der Waals surface area contributed by atoms with Crippen molar-refractivity contribution in [2.45, 2.75) is 13.1 Å². The zero-order chi connectivity index (χ0) is 20.1. The number of carbonyl (C=O) groups excluding carboxylic acids is 1. The van der Waals surface area contributed by atoms with E-state index in [1.165, 1.54) is 10.7 Å². The molecule has 0 atom stereocenters. The van der Waals surface area contributed by atoms with Crippen molar-refractivity contribution in [1.82, 2.24) is 19.6 Å². The van der Waals surface area contributed by atoms with Gasteiger partial charge in [-0.05, 0) is 23.8 Å². The molecule has 2 aromatic heterocycles. The Kier molecular flexibility index (Phi) is 5.29. The molecule has 4 aromatic rings. The van der Waals surface area contributed by atoms with Crippen LogP contribution in [-0.2, 0) is 17.9 Å². The summed E-state index contributed by atoms with van der Waals surface area (Å²) in [5, 5.41) is 11.4. The van der Waals surface area contributed by atoms with Gasteiger partial charge in [-0.3, -0.25) is 14.3 Å². The first-order valence-corrected chi connectivity index (χ1v) is 9.18. The minimum atomic E-state index is -0.329. The van der Waals surface area contributed by atoms with Crippen LogP contribution in [0.3, 0.4) is 0 Å². The number of rotatable bonds is 6. The van der Waals surface area contributed by atoms with Crippen molar-refractivity contribution in [2.24, 2.45) is 0 Å². The van der Waals surface area contributed by atoms with E-state index >= 15 is 0 Å². The molecule has 0 fully saturated rings. The Morgan fingerprint density at radius 3 is 2.52 bits per heavy atom. The molecular formula is C22H19N5O2. The summed E-state index contributed by atoms with van der Waals surface area (Å²) >= 11 is 0. The van der Waals surface area contributed by atoms with Gasteiger partial charge < -0.3 is 5.32 Å². The first-order valence-electron chi connectivity index (χ1n) is 9.18. The zero-order valence-corrected chi connectivity index (χ0v) is 15.6. The van der Waals surface area contributed by atoms with Crippen molar-refractivity contribution in [3.05, 3.63) is 101 Å². The number of hydrogen-bond acceptors (Lipinski definition) is 4. The summed E-state index contributed by atoms with van der Waals surface area (Å²) in [5.41, 5.74) is 2.79. The van der Waals surface area contributed by atoms with Gasteiger partial charge in [-0.15, -0.1) is 0 Å². The summed E-state index contributed by atoms with van der Waals surface area (Å²) in [6.45, 7) is 0.362. The molecule has 1 N–H and O–H groups in total. The van der Waals surface area contributed by atoms with Crippen molar-refractivity contribution >= 4 is 11.6 Å². The molecule has 0 aliphatic heterocycles. The van der Waals surface area contributed by atoms with Crippen LogP contribution in [0.15, 0.2) is 90.0 Å².